The van der Waals surface area contributed by atoms with Gasteiger partial charge in [0.25, 0.3) is 0 Å². The number of nitrogens with zero attached hydrogens (tertiary/aromatic N) is 2. The molecule has 0 spiro atoms. The fourth-order valence-electron chi connectivity index (χ4n) is 1.20. The van der Waals surface area contributed by atoms with E-state index >= 15 is 0 Å². The van der Waals surface area contributed by atoms with Gasteiger partial charge in [0.15, 0.2) is 0 Å². The van der Waals surface area contributed by atoms with Crippen LogP contribution < -0.4 is 5.32 Å². The number of hydrogen-bond donors (Lipinski definition) is 1. The Bertz CT molecular complexity index is 534. The highest BCUT2D eigenvalue weighted by Crippen LogP contribution is 2.21. The first-order valence-electron chi connectivity index (χ1n) is 4.71. The monoisotopic (exact) mass is 257 g/mol. The number of hydrogen-bond acceptors (Lipinski definition) is 4. The second-order valence-electron chi connectivity index (χ2n) is 3.27. The van der Waals surface area contributed by atoms with Crippen LogP contribution in [0.4, 0.5) is 18.9 Å². The predicted molar refractivity (Wildman–Crippen MR) is 54.4 cm³/mol. The van der Waals surface area contributed by atoms with Crippen molar-refractivity contribution in [3.05, 3.63) is 30.7 Å². The molecule has 0 saturated heterocycles. The summed E-state index contributed by atoms with van der Waals surface area (Å²) < 4.78 is 40.9. The third-order valence-electron chi connectivity index (χ3n) is 2.01. The van der Waals surface area contributed by atoms with Gasteiger partial charge in [0, 0.05) is 11.3 Å². The van der Waals surface area contributed by atoms with Crippen LogP contribution in [0.1, 0.15) is 0 Å². The van der Waals surface area contributed by atoms with Gasteiger partial charge in [0.05, 0.1) is 0 Å². The zero-order chi connectivity index (χ0) is 13.2. The number of nitrogens with one attached hydrogen (secondary N) is 1. The molecule has 0 aliphatic rings. The highest BCUT2D eigenvalue weighted by molar-refractivity contribution is 5.95. The number of carbonyl (C=O) groups excluding carboxylic acids is 1. The Morgan fingerprint density at radius 2 is 1.89 bits per heavy atom. The summed E-state index contributed by atoms with van der Waals surface area (Å²) >= 11 is 0. The summed E-state index contributed by atoms with van der Waals surface area (Å²) in [4.78, 5) is 10.7. The molecule has 0 radical (unpaired) electrons. The minimum absolute atomic E-state index is 0.0283. The summed E-state index contributed by atoms with van der Waals surface area (Å²) in [5.41, 5.74) is 0.568. The molecule has 2 rings (SSSR count). The van der Waals surface area contributed by atoms with E-state index in [-0.39, 0.29) is 11.6 Å². The van der Waals surface area contributed by atoms with Crippen molar-refractivity contribution >= 4 is 11.6 Å². The maximum absolute atomic E-state index is 12.0. The molecule has 1 aromatic carbocycles. The number of anilines is 1. The molecular weight excluding hydrogens is 251 g/mol. The van der Waals surface area contributed by atoms with Crippen LogP contribution in [0.3, 0.4) is 0 Å². The first-order chi connectivity index (χ1) is 8.47. The maximum Gasteiger partial charge on any atom is 0.471 e. The summed E-state index contributed by atoms with van der Waals surface area (Å²) in [7, 11) is 0. The summed E-state index contributed by atoms with van der Waals surface area (Å²) in [5.74, 6) is -1.78. The average Bonchev–Trinajstić information content (AvgIpc) is 2.82. The Balaban J connectivity index is 2.12. The van der Waals surface area contributed by atoms with Gasteiger partial charge >= 0.3 is 12.1 Å². The Morgan fingerprint density at radius 3 is 2.39 bits per heavy atom. The van der Waals surface area contributed by atoms with Crippen LogP contribution in [0.5, 0.6) is 0 Å². The number of halogens is 3. The van der Waals surface area contributed by atoms with Crippen molar-refractivity contribution in [2.75, 3.05) is 5.32 Å². The third kappa shape index (κ3) is 2.65. The Kier molecular flexibility index (Phi) is 3.00. The molecule has 1 amide bonds. The standard InChI is InChI=1S/C10H6F3N3O2/c11-10(12,13)9(17)15-7-3-1-6(2-4-7)8-16-14-5-18-8/h1-5H,(H,15,17). The van der Waals surface area contributed by atoms with Gasteiger partial charge in [-0.1, -0.05) is 0 Å². The van der Waals surface area contributed by atoms with Crippen LogP contribution in [0.15, 0.2) is 35.1 Å². The van der Waals surface area contributed by atoms with E-state index in [1.54, 1.807) is 5.32 Å². The van der Waals surface area contributed by atoms with Gasteiger partial charge in [0.1, 0.15) is 0 Å². The van der Waals surface area contributed by atoms with Crippen molar-refractivity contribution in [2.45, 2.75) is 6.18 Å². The lowest BCUT2D eigenvalue weighted by Crippen LogP contribution is -2.29. The largest absolute Gasteiger partial charge is 0.471 e. The SMILES string of the molecule is O=C(Nc1ccc(-c2nnco2)cc1)C(F)(F)F. The molecular formula is C10H6F3N3O2. The lowest BCUT2D eigenvalue weighted by molar-refractivity contribution is -0.167. The van der Waals surface area contributed by atoms with E-state index in [9.17, 15) is 18.0 Å². The van der Waals surface area contributed by atoms with Gasteiger partial charge in [-0.2, -0.15) is 13.2 Å². The first kappa shape index (κ1) is 12.1. The Hall–Kier alpha value is -2.38. The molecule has 1 heterocycles. The molecule has 1 N–H and O–H groups in total. The van der Waals surface area contributed by atoms with E-state index in [0.717, 1.165) is 6.39 Å². The molecule has 94 valence electrons. The average molecular weight is 257 g/mol. The number of alkyl halides is 3. The zero-order valence-electron chi connectivity index (χ0n) is 8.73. The van der Waals surface area contributed by atoms with Crippen LogP contribution in [-0.4, -0.2) is 22.3 Å². The molecule has 0 aliphatic carbocycles. The minimum atomic E-state index is -4.91. The molecule has 1 aromatic heterocycles. The zero-order valence-corrected chi connectivity index (χ0v) is 8.73. The molecule has 0 aliphatic heterocycles. The molecule has 5 nitrogen and oxygen atoms in total. The van der Waals surface area contributed by atoms with E-state index in [2.05, 4.69) is 10.2 Å². The van der Waals surface area contributed by atoms with Crippen LogP contribution in [-0.2, 0) is 4.79 Å². The topological polar surface area (TPSA) is 68.0 Å². The van der Waals surface area contributed by atoms with E-state index in [1.807, 2.05) is 0 Å². The quantitative estimate of drug-likeness (QED) is 0.895. The number of rotatable bonds is 2. The number of carbonyl (C=O) groups is 1. The van der Waals surface area contributed by atoms with Crippen molar-refractivity contribution in [2.24, 2.45) is 0 Å². The summed E-state index contributed by atoms with van der Waals surface area (Å²) in [6.07, 6.45) is -3.78. The minimum Gasteiger partial charge on any atom is -0.423 e. The van der Waals surface area contributed by atoms with Gasteiger partial charge in [-0.25, -0.2) is 0 Å². The summed E-state index contributed by atoms with van der Waals surface area (Å²) in [5, 5.41) is 8.82. The number of amides is 1. The lowest BCUT2D eigenvalue weighted by atomic mass is 10.2. The van der Waals surface area contributed by atoms with Crippen LogP contribution >= 0.6 is 0 Å². The predicted octanol–water partition coefficient (Wildman–Crippen LogP) is 2.24. The summed E-state index contributed by atoms with van der Waals surface area (Å²) in [6, 6.07) is 5.53. The lowest BCUT2D eigenvalue weighted by Gasteiger charge is -2.07. The highest BCUT2D eigenvalue weighted by Gasteiger charge is 2.38. The van der Waals surface area contributed by atoms with E-state index in [4.69, 9.17) is 4.42 Å². The molecule has 8 heteroatoms. The van der Waals surface area contributed by atoms with Crippen LogP contribution in [0.2, 0.25) is 0 Å². The second kappa shape index (κ2) is 4.47. The highest BCUT2D eigenvalue weighted by atomic mass is 19.4. The van der Waals surface area contributed by atoms with Gasteiger partial charge in [-0.3, -0.25) is 4.79 Å². The molecule has 0 bridgehead atoms. The maximum atomic E-state index is 12.0. The fourth-order valence-corrected chi connectivity index (χ4v) is 1.20. The fraction of sp³-hybridized carbons (Fsp3) is 0.100. The molecule has 2 aromatic rings. The van der Waals surface area contributed by atoms with Crippen LogP contribution in [0, 0.1) is 0 Å². The third-order valence-corrected chi connectivity index (χ3v) is 2.01. The van der Waals surface area contributed by atoms with Crippen molar-refractivity contribution < 1.29 is 22.4 Å². The molecule has 0 saturated carbocycles. The van der Waals surface area contributed by atoms with Gasteiger partial charge in [0.2, 0.25) is 12.3 Å². The molecule has 0 atom stereocenters. The Morgan fingerprint density at radius 1 is 1.22 bits per heavy atom. The van der Waals surface area contributed by atoms with E-state index in [0.29, 0.717) is 5.56 Å². The smallest absolute Gasteiger partial charge is 0.423 e. The first-order valence-corrected chi connectivity index (χ1v) is 4.71. The van der Waals surface area contributed by atoms with E-state index in [1.165, 1.54) is 24.3 Å². The number of aromatic nitrogens is 2. The van der Waals surface area contributed by atoms with Gasteiger partial charge < -0.3 is 9.73 Å². The van der Waals surface area contributed by atoms with Gasteiger partial charge in [-0.15, -0.1) is 10.2 Å². The second-order valence-corrected chi connectivity index (χ2v) is 3.27. The molecule has 18 heavy (non-hydrogen) atoms. The van der Waals surface area contributed by atoms with Gasteiger partial charge in [-0.05, 0) is 24.3 Å². The van der Waals surface area contributed by atoms with Crippen molar-refractivity contribution in [1.29, 1.82) is 0 Å². The molecule has 0 unspecified atom stereocenters. The van der Waals surface area contributed by atoms with Crippen molar-refractivity contribution in [3.8, 4) is 11.5 Å². The molecule has 0 fully saturated rings. The number of benzene rings is 1. The van der Waals surface area contributed by atoms with E-state index < -0.39 is 12.1 Å². The Labute approximate surface area is 98.6 Å². The van der Waals surface area contributed by atoms with Crippen molar-refractivity contribution in [1.82, 2.24) is 10.2 Å². The van der Waals surface area contributed by atoms with Crippen molar-refractivity contribution in [3.63, 3.8) is 0 Å². The normalized spacial score (nSPS) is 11.3. The summed E-state index contributed by atoms with van der Waals surface area (Å²) in [6.45, 7) is 0. The van der Waals surface area contributed by atoms with Crippen LogP contribution in [0.25, 0.3) is 11.5 Å².